The molecule has 0 saturated carbocycles. The largest absolute Gasteiger partial charge is 0.478 e. The molecule has 0 spiro atoms. The summed E-state index contributed by atoms with van der Waals surface area (Å²) in [5, 5.41) is 0. The summed E-state index contributed by atoms with van der Waals surface area (Å²) in [6.45, 7) is 4.01. The van der Waals surface area contributed by atoms with Gasteiger partial charge in [0.05, 0.1) is 5.69 Å². The number of pyridine rings is 1. The average Bonchev–Trinajstić information content (AvgIpc) is 2.42. The van der Waals surface area contributed by atoms with E-state index in [1.54, 1.807) is 18.3 Å². The van der Waals surface area contributed by atoms with Gasteiger partial charge in [-0.15, -0.1) is 0 Å². The lowest BCUT2D eigenvalue weighted by atomic mass is 10.0. The minimum atomic E-state index is -0.702. The van der Waals surface area contributed by atoms with E-state index in [9.17, 15) is 4.39 Å². The van der Waals surface area contributed by atoms with Gasteiger partial charge in [-0.05, 0) is 43.7 Å². The van der Waals surface area contributed by atoms with Gasteiger partial charge in [0.2, 0.25) is 0 Å². The first-order valence-electron chi connectivity index (χ1n) is 6.12. The summed E-state index contributed by atoms with van der Waals surface area (Å²) >= 11 is 0. The molecule has 4 heteroatoms. The monoisotopic (exact) mass is 260 g/mol. The summed E-state index contributed by atoms with van der Waals surface area (Å²) in [5.41, 5.74) is 6.25. The molecule has 0 atom stereocenters. The molecule has 0 unspecified atom stereocenters. The van der Waals surface area contributed by atoms with Crippen molar-refractivity contribution < 1.29 is 9.13 Å². The Balaban J connectivity index is 2.25. The smallest absolute Gasteiger partial charge is 0.165 e. The minimum absolute atomic E-state index is 0.202. The van der Waals surface area contributed by atoms with Crippen LogP contribution in [0.15, 0.2) is 42.6 Å². The summed E-state index contributed by atoms with van der Waals surface area (Å²) in [7, 11) is 0. The Morgan fingerprint density at radius 3 is 2.63 bits per heavy atom. The molecule has 0 aliphatic heterocycles. The van der Waals surface area contributed by atoms with Gasteiger partial charge in [0, 0.05) is 12.7 Å². The van der Waals surface area contributed by atoms with E-state index in [0.29, 0.717) is 6.54 Å². The molecule has 0 amide bonds. The van der Waals surface area contributed by atoms with Crippen LogP contribution < -0.4 is 10.5 Å². The van der Waals surface area contributed by atoms with E-state index in [1.807, 2.05) is 32.0 Å². The molecule has 2 N–H and O–H groups in total. The number of benzene rings is 1. The van der Waals surface area contributed by atoms with E-state index in [4.69, 9.17) is 10.5 Å². The minimum Gasteiger partial charge on any atom is -0.478 e. The van der Waals surface area contributed by atoms with Crippen LogP contribution in [-0.2, 0) is 12.1 Å². The Labute approximate surface area is 112 Å². The van der Waals surface area contributed by atoms with E-state index in [1.165, 1.54) is 6.07 Å². The zero-order valence-corrected chi connectivity index (χ0v) is 11.1. The van der Waals surface area contributed by atoms with Gasteiger partial charge in [0.15, 0.2) is 11.6 Å². The molecule has 1 heterocycles. The molecular weight excluding hydrogens is 243 g/mol. The molecule has 0 aliphatic rings. The highest BCUT2D eigenvalue weighted by Crippen LogP contribution is 2.28. The maximum Gasteiger partial charge on any atom is 0.165 e. The second-order valence-corrected chi connectivity index (χ2v) is 4.80. The van der Waals surface area contributed by atoms with Gasteiger partial charge >= 0.3 is 0 Å². The van der Waals surface area contributed by atoms with Gasteiger partial charge in [0.25, 0.3) is 0 Å². The summed E-state index contributed by atoms with van der Waals surface area (Å²) < 4.78 is 19.6. The number of halogens is 1. The van der Waals surface area contributed by atoms with Crippen molar-refractivity contribution in [1.82, 2.24) is 4.98 Å². The van der Waals surface area contributed by atoms with Crippen molar-refractivity contribution in [2.24, 2.45) is 5.73 Å². The summed E-state index contributed by atoms with van der Waals surface area (Å²) in [5.74, 6) is -0.209. The SMILES string of the molecule is CC(C)(Oc1ccc(CN)cc1F)c1ccccn1. The Morgan fingerprint density at radius 2 is 2.05 bits per heavy atom. The Kier molecular flexibility index (Phi) is 3.81. The lowest BCUT2D eigenvalue weighted by molar-refractivity contribution is 0.0978. The molecule has 100 valence electrons. The zero-order valence-electron chi connectivity index (χ0n) is 11.1. The van der Waals surface area contributed by atoms with Crippen molar-refractivity contribution >= 4 is 0 Å². The predicted molar refractivity (Wildman–Crippen MR) is 72.2 cm³/mol. The quantitative estimate of drug-likeness (QED) is 0.919. The van der Waals surface area contributed by atoms with Crippen LogP contribution in [0.1, 0.15) is 25.1 Å². The molecule has 2 aromatic rings. The summed E-state index contributed by atoms with van der Waals surface area (Å²) in [4.78, 5) is 4.24. The summed E-state index contributed by atoms with van der Waals surface area (Å²) in [6, 6.07) is 10.3. The first-order chi connectivity index (χ1) is 9.03. The van der Waals surface area contributed by atoms with Crippen LogP contribution in [-0.4, -0.2) is 4.98 Å². The fourth-order valence-electron chi connectivity index (χ4n) is 1.80. The van der Waals surface area contributed by atoms with Crippen molar-refractivity contribution in [2.75, 3.05) is 0 Å². The van der Waals surface area contributed by atoms with Crippen molar-refractivity contribution in [3.05, 3.63) is 59.7 Å². The average molecular weight is 260 g/mol. The number of hydrogen-bond donors (Lipinski definition) is 1. The van der Waals surface area contributed by atoms with Crippen LogP contribution in [0.3, 0.4) is 0 Å². The van der Waals surface area contributed by atoms with Gasteiger partial charge in [-0.2, -0.15) is 0 Å². The highest BCUT2D eigenvalue weighted by Gasteiger charge is 2.25. The maximum atomic E-state index is 13.9. The molecule has 0 saturated heterocycles. The number of nitrogens with zero attached hydrogens (tertiary/aromatic N) is 1. The zero-order chi connectivity index (χ0) is 13.9. The molecule has 2 rings (SSSR count). The normalized spacial score (nSPS) is 11.4. The highest BCUT2D eigenvalue weighted by molar-refractivity contribution is 5.30. The second kappa shape index (κ2) is 5.36. The van der Waals surface area contributed by atoms with Gasteiger partial charge in [0.1, 0.15) is 5.60 Å². The third kappa shape index (κ3) is 3.09. The van der Waals surface area contributed by atoms with Crippen LogP contribution in [0.5, 0.6) is 5.75 Å². The first-order valence-corrected chi connectivity index (χ1v) is 6.12. The van der Waals surface area contributed by atoms with Crippen LogP contribution in [0.25, 0.3) is 0 Å². The highest BCUT2D eigenvalue weighted by atomic mass is 19.1. The lowest BCUT2D eigenvalue weighted by Crippen LogP contribution is -2.27. The Bertz CT molecular complexity index is 555. The van der Waals surface area contributed by atoms with Crippen LogP contribution in [0.2, 0.25) is 0 Å². The van der Waals surface area contributed by atoms with E-state index < -0.39 is 11.4 Å². The van der Waals surface area contributed by atoms with Gasteiger partial charge in [-0.1, -0.05) is 12.1 Å². The molecule has 19 heavy (non-hydrogen) atoms. The third-order valence-electron chi connectivity index (χ3n) is 2.88. The fraction of sp³-hybridized carbons (Fsp3) is 0.267. The van der Waals surface area contributed by atoms with E-state index >= 15 is 0 Å². The molecule has 1 aromatic carbocycles. The second-order valence-electron chi connectivity index (χ2n) is 4.80. The molecule has 0 fully saturated rings. The van der Waals surface area contributed by atoms with Crippen molar-refractivity contribution in [3.63, 3.8) is 0 Å². The Morgan fingerprint density at radius 1 is 1.26 bits per heavy atom. The van der Waals surface area contributed by atoms with Crippen molar-refractivity contribution in [2.45, 2.75) is 26.0 Å². The predicted octanol–water partition coefficient (Wildman–Crippen LogP) is 2.99. The maximum absolute atomic E-state index is 13.9. The van der Waals surface area contributed by atoms with Crippen LogP contribution in [0.4, 0.5) is 4.39 Å². The van der Waals surface area contributed by atoms with Crippen LogP contribution >= 0.6 is 0 Å². The number of aromatic nitrogens is 1. The van der Waals surface area contributed by atoms with E-state index in [-0.39, 0.29) is 5.75 Å². The molecule has 1 aromatic heterocycles. The van der Waals surface area contributed by atoms with Gasteiger partial charge in [-0.25, -0.2) is 4.39 Å². The third-order valence-corrected chi connectivity index (χ3v) is 2.88. The molecule has 0 radical (unpaired) electrons. The van der Waals surface area contributed by atoms with Gasteiger partial charge < -0.3 is 10.5 Å². The van der Waals surface area contributed by atoms with Gasteiger partial charge in [-0.3, -0.25) is 4.98 Å². The Hall–Kier alpha value is -1.94. The summed E-state index contributed by atoms with van der Waals surface area (Å²) in [6.07, 6.45) is 1.69. The number of ether oxygens (including phenoxy) is 1. The lowest BCUT2D eigenvalue weighted by Gasteiger charge is -2.26. The number of hydrogen-bond acceptors (Lipinski definition) is 3. The topological polar surface area (TPSA) is 48.1 Å². The molecular formula is C15H17FN2O. The number of nitrogens with two attached hydrogens (primary N) is 1. The van der Waals surface area contributed by atoms with Crippen molar-refractivity contribution in [1.29, 1.82) is 0 Å². The standard InChI is InChI=1S/C15H17FN2O/c1-15(2,14-5-3-4-8-18-14)19-13-7-6-11(10-17)9-12(13)16/h3-9H,10,17H2,1-2H3. The van der Waals surface area contributed by atoms with E-state index in [2.05, 4.69) is 4.98 Å². The molecule has 0 bridgehead atoms. The van der Waals surface area contributed by atoms with Crippen molar-refractivity contribution in [3.8, 4) is 5.75 Å². The van der Waals surface area contributed by atoms with Crippen LogP contribution in [0, 0.1) is 5.82 Å². The fourth-order valence-corrected chi connectivity index (χ4v) is 1.80. The first kappa shape index (κ1) is 13.5. The molecule has 0 aliphatic carbocycles. The number of rotatable bonds is 4. The molecule has 3 nitrogen and oxygen atoms in total. The van der Waals surface area contributed by atoms with E-state index in [0.717, 1.165) is 11.3 Å².